The normalized spacial score (nSPS) is 12.4. The molecule has 0 spiro atoms. The van der Waals surface area contributed by atoms with Gasteiger partial charge in [0.2, 0.25) is 0 Å². The Morgan fingerprint density at radius 3 is 2.76 bits per heavy atom. The van der Waals surface area contributed by atoms with Gasteiger partial charge in [-0.3, -0.25) is 0 Å². The van der Waals surface area contributed by atoms with Crippen LogP contribution in [0.4, 0.5) is 11.6 Å². The third-order valence-electron chi connectivity index (χ3n) is 2.55. The van der Waals surface area contributed by atoms with Gasteiger partial charge in [0.1, 0.15) is 18.2 Å². The van der Waals surface area contributed by atoms with Crippen LogP contribution in [0.15, 0.2) is 6.07 Å². The quantitative estimate of drug-likeness (QED) is 0.761. The molecule has 0 amide bonds. The van der Waals surface area contributed by atoms with Gasteiger partial charge in [-0.2, -0.15) is 0 Å². The van der Waals surface area contributed by atoms with Crippen LogP contribution in [0.2, 0.25) is 0 Å². The Labute approximate surface area is 103 Å². The largest absolute Gasteiger partial charge is 0.384 e. The van der Waals surface area contributed by atoms with E-state index in [0.29, 0.717) is 24.3 Å². The van der Waals surface area contributed by atoms with E-state index in [1.54, 1.807) is 13.2 Å². The highest BCUT2D eigenvalue weighted by Crippen LogP contribution is 2.13. The van der Waals surface area contributed by atoms with Crippen molar-refractivity contribution in [2.45, 2.75) is 45.8 Å². The molecule has 17 heavy (non-hydrogen) atoms. The summed E-state index contributed by atoms with van der Waals surface area (Å²) in [6, 6.07) is 2.20. The van der Waals surface area contributed by atoms with Crippen LogP contribution >= 0.6 is 0 Å². The average molecular weight is 238 g/mol. The van der Waals surface area contributed by atoms with Gasteiger partial charge in [0.15, 0.2) is 5.82 Å². The number of aromatic nitrogens is 2. The summed E-state index contributed by atoms with van der Waals surface area (Å²) in [6.45, 7) is 4.72. The van der Waals surface area contributed by atoms with Crippen molar-refractivity contribution >= 4 is 11.6 Å². The average Bonchev–Trinajstić information content (AvgIpc) is 2.28. The van der Waals surface area contributed by atoms with Crippen LogP contribution in [-0.4, -0.2) is 23.1 Å². The van der Waals surface area contributed by atoms with Crippen molar-refractivity contribution in [3.63, 3.8) is 0 Å². The topological polar surface area (TPSA) is 73.1 Å². The fourth-order valence-electron chi connectivity index (χ4n) is 1.72. The molecule has 0 aliphatic rings. The highest BCUT2D eigenvalue weighted by atomic mass is 16.5. The maximum absolute atomic E-state index is 5.73. The Morgan fingerprint density at radius 1 is 1.41 bits per heavy atom. The summed E-state index contributed by atoms with van der Waals surface area (Å²) < 4.78 is 5.01. The van der Waals surface area contributed by atoms with Crippen molar-refractivity contribution in [1.29, 1.82) is 0 Å². The second kappa shape index (κ2) is 7.06. The first kappa shape index (κ1) is 13.7. The van der Waals surface area contributed by atoms with Crippen LogP contribution in [0.3, 0.4) is 0 Å². The van der Waals surface area contributed by atoms with E-state index in [0.717, 1.165) is 25.1 Å². The van der Waals surface area contributed by atoms with E-state index in [9.17, 15) is 0 Å². The Hall–Kier alpha value is -1.36. The third-order valence-corrected chi connectivity index (χ3v) is 2.55. The lowest BCUT2D eigenvalue weighted by Gasteiger charge is -2.17. The van der Waals surface area contributed by atoms with Crippen molar-refractivity contribution < 1.29 is 4.74 Å². The van der Waals surface area contributed by atoms with Crippen molar-refractivity contribution in [3.8, 4) is 0 Å². The zero-order chi connectivity index (χ0) is 12.7. The molecule has 0 saturated heterocycles. The zero-order valence-corrected chi connectivity index (χ0v) is 10.9. The van der Waals surface area contributed by atoms with E-state index >= 15 is 0 Å². The molecule has 1 unspecified atom stereocenters. The minimum absolute atomic E-state index is 0.379. The van der Waals surface area contributed by atoms with E-state index in [-0.39, 0.29) is 0 Å². The highest BCUT2D eigenvalue weighted by molar-refractivity contribution is 5.45. The minimum Gasteiger partial charge on any atom is -0.384 e. The fourth-order valence-corrected chi connectivity index (χ4v) is 1.72. The molecule has 0 radical (unpaired) electrons. The molecule has 0 fully saturated rings. The Bertz CT molecular complexity index is 343. The number of anilines is 2. The molecule has 1 heterocycles. The van der Waals surface area contributed by atoms with Gasteiger partial charge in [-0.25, -0.2) is 9.97 Å². The van der Waals surface area contributed by atoms with Crippen LogP contribution in [0.1, 0.15) is 38.9 Å². The smallest absolute Gasteiger partial charge is 0.158 e. The van der Waals surface area contributed by atoms with Crippen molar-refractivity contribution in [2.24, 2.45) is 0 Å². The second-order valence-corrected chi connectivity index (χ2v) is 4.07. The van der Waals surface area contributed by atoms with Gasteiger partial charge in [0.05, 0.1) is 0 Å². The lowest BCUT2D eigenvalue weighted by Crippen LogP contribution is -2.19. The molecule has 0 saturated carbocycles. The Morgan fingerprint density at radius 2 is 2.18 bits per heavy atom. The van der Waals surface area contributed by atoms with Gasteiger partial charge in [-0.05, 0) is 12.8 Å². The summed E-state index contributed by atoms with van der Waals surface area (Å²) in [4.78, 5) is 8.47. The van der Waals surface area contributed by atoms with Gasteiger partial charge < -0.3 is 15.8 Å². The van der Waals surface area contributed by atoms with E-state index in [1.807, 2.05) is 0 Å². The number of rotatable bonds is 7. The first-order valence-electron chi connectivity index (χ1n) is 6.08. The van der Waals surface area contributed by atoms with E-state index < -0.39 is 0 Å². The summed E-state index contributed by atoms with van der Waals surface area (Å²) in [5.74, 6) is 1.87. The zero-order valence-electron chi connectivity index (χ0n) is 10.9. The van der Waals surface area contributed by atoms with Crippen molar-refractivity contribution in [2.75, 3.05) is 18.2 Å². The molecule has 1 rings (SSSR count). The third kappa shape index (κ3) is 4.56. The summed E-state index contributed by atoms with van der Waals surface area (Å²) in [6.07, 6.45) is 3.34. The SMILES string of the molecule is CCCC(CC)Nc1cc(N)nc(COC)n1. The number of hydrogen-bond acceptors (Lipinski definition) is 5. The molecule has 0 aromatic carbocycles. The maximum atomic E-state index is 5.73. The first-order valence-corrected chi connectivity index (χ1v) is 6.08. The number of ether oxygens (including phenoxy) is 1. The van der Waals surface area contributed by atoms with Crippen molar-refractivity contribution in [1.82, 2.24) is 9.97 Å². The van der Waals surface area contributed by atoms with E-state index in [2.05, 4.69) is 29.1 Å². The molecule has 1 atom stereocenters. The van der Waals surface area contributed by atoms with E-state index in [1.165, 1.54) is 0 Å². The van der Waals surface area contributed by atoms with Crippen LogP contribution in [0.25, 0.3) is 0 Å². The fraction of sp³-hybridized carbons (Fsp3) is 0.667. The van der Waals surface area contributed by atoms with Gasteiger partial charge in [0.25, 0.3) is 0 Å². The van der Waals surface area contributed by atoms with Crippen LogP contribution < -0.4 is 11.1 Å². The number of hydrogen-bond donors (Lipinski definition) is 2. The molecule has 5 nitrogen and oxygen atoms in total. The molecule has 3 N–H and O–H groups in total. The molecule has 1 aromatic rings. The van der Waals surface area contributed by atoms with Gasteiger partial charge in [-0.15, -0.1) is 0 Å². The number of nitrogens with one attached hydrogen (secondary N) is 1. The predicted molar refractivity (Wildman–Crippen MR) is 69.8 cm³/mol. The number of nitrogens with zero attached hydrogens (tertiary/aromatic N) is 2. The summed E-state index contributed by atoms with van der Waals surface area (Å²) in [5, 5.41) is 3.38. The molecule has 1 aromatic heterocycles. The van der Waals surface area contributed by atoms with Gasteiger partial charge in [0, 0.05) is 19.2 Å². The molecule has 96 valence electrons. The second-order valence-electron chi connectivity index (χ2n) is 4.07. The summed E-state index contributed by atoms with van der Waals surface area (Å²) in [7, 11) is 1.62. The Kier molecular flexibility index (Phi) is 5.69. The van der Waals surface area contributed by atoms with Crippen LogP contribution in [0.5, 0.6) is 0 Å². The van der Waals surface area contributed by atoms with Gasteiger partial charge in [-0.1, -0.05) is 20.3 Å². The van der Waals surface area contributed by atoms with E-state index in [4.69, 9.17) is 10.5 Å². The maximum Gasteiger partial charge on any atom is 0.158 e. The number of nitrogens with two attached hydrogens (primary N) is 1. The summed E-state index contributed by atoms with van der Waals surface area (Å²) >= 11 is 0. The Balaban J connectivity index is 2.75. The lowest BCUT2D eigenvalue weighted by molar-refractivity contribution is 0.178. The monoisotopic (exact) mass is 238 g/mol. The lowest BCUT2D eigenvalue weighted by atomic mass is 10.1. The molecular weight excluding hydrogens is 216 g/mol. The molecule has 0 bridgehead atoms. The molecule has 5 heteroatoms. The first-order chi connectivity index (χ1) is 8.19. The van der Waals surface area contributed by atoms with Crippen LogP contribution in [0, 0.1) is 0 Å². The number of methoxy groups -OCH3 is 1. The predicted octanol–water partition coefficient (Wildman–Crippen LogP) is 2.20. The highest BCUT2D eigenvalue weighted by Gasteiger charge is 2.08. The number of nitrogen functional groups attached to an aromatic ring is 1. The van der Waals surface area contributed by atoms with Gasteiger partial charge >= 0.3 is 0 Å². The minimum atomic E-state index is 0.379. The molecule has 0 aliphatic heterocycles. The standard InChI is InChI=1S/C12H22N4O/c1-4-6-9(5-2)14-11-7-10(13)15-12(16-11)8-17-3/h7,9H,4-6,8H2,1-3H3,(H3,13,14,15,16). The molecule has 0 aliphatic carbocycles. The van der Waals surface area contributed by atoms with Crippen molar-refractivity contribution in [3.05, 3.63) is 11.9 Å². The van der Waals surface area contributed by atoms with Crippen LogP contribution in [-0.2, 0) is 11.3 Å². The molecular formula is C12H22N4O. The summed E-state index contributed by atoms with van der Waals surface area (Å²) in [5.41, 5.74) is 5.73.